The van der Waals surface area contributed by atoms with Crippen LogP contribution >= 0.6 is 0 Å². The quantitative estimate of drug-likeness (QED) is 0.476. The Balaban J connectivity index is 2.19. The number of hydrogen-bond acceptors (Lipinski definition) is 2. The lowest BCUT2D eigenvalue weighted by atomic mass is 10.9. The van der Waals surface area contributed by atoms with Crippen LogP contribution in [-0.2, 0) is 4.84 Å². The van der Waals surface area contributed by atoms with E-state index >= 15 is 0 Å². The zero-order chi connectivity index (χ0) is 4.12. The Morgan fingerprint density at radius 1 is 1.80 bits per heavy atom. The van der Waals surface area contributed by atoms with E-state index in [0.29, 0.717) is 0 Å². The Kier molecular flexibility index (Phi) is 3.86. The van der Waals surface area contributed by atoms with Crippen molar-refractivity contribution in [2.45, 2.75) is 6.92 Å². The van der Waals surface area contributed by atoms with Crippen LogP contribution in [0, 0.1) is 6.61 Å². The lowest BCUT2D eigenvalue weighted by Gasteiger charge is -1.87. The highest BCUT2D eigenvalue weighted by Gasteiger charge is 1.63. The average molecular weight is 74.1 g/mol. The lowest BCUT2D eigenvalue weighted by molar-refractivity contribution is 0.119. The predicted molar refractivity (Wildman–Crippen MR) is 20.1 cm³/mol. The van der Waals surface area contributed by atoms with Gasteiger partial charge in [-0.05, 0) is 6.92 Å². The smallest absolute Gasteiger partial charge is 0.104 e. The number of rotatable bonds is 2. The van der Waals surface area contributed by atoms with Crippen molar-refractivity contribution in [1.29, 1.82) is 0 Å². The first kappa shape index (κ1) is 4.92. The third kappa shape index (κ3) is 3.92. The van der Waals surface area contributed by atoms with Crippen molar-refractivity contribution < 1.29 is 4.84 Å². The van der Waals surface area contributed by atoms with Crippen LogP contribution < -0.4 is 5.48 Å². The summed E-state index contributed by atoms with van der Waals surface area (Å²) >= 11 is 0. The van der Waals surface area contributed by atoms with E-state index in [1.807, 2.05) is 0 Å². The summed E-state index contributed by atoms with van der Waals surface area (Å²) in [6, 6.07) is 0. The second-order valence-corrected chi connectivity index (χ2v) is 0.558. The van der Waals surface area contributed by atoms with Crippen LogP contribution in [0.5, 0.6) is 0 Å². The molecule has 0 aromatic rings. The standard InChI is InChI=1S/C3H8NO/c1-3-5-4-2/h3-4H,1-2H3. The minimum Gasteiger partial charge on any atom is -0.296 e. The minimum atomic E-state index is 1.57. The molecular weight excluding hydrogens is 66.0 g/mol. The molecule has 0 saturated carbocycles. The van der Waals surface area contributed by atoms with Gasteiger partial charge >= 0.3 is 0 Å². The van der Waals surface area contributed by atoms with E-state index in [1.165, 1.54) is 0 Å². The van der Waals surface area contributed by atoms with Gasteiger partial charge in [-0.25, -0.2) is 5.48 Å². The van der Waals surface area contributed by atoms with Gasteiger partial charge in [0.1, 0.15) is 6.61 Å². The molecule has 2 nitrogen and oxygen atoms in total. The van der Waals surface area contributed by atoms with E-state index in [9.17, 15) is 0 Å². The molecule has 0 aliphatic rings. The van der Waals surface area contributed by atoms with E-state index in [1.54, 1.807) is 20.6 Å². The third-order valence-electron chi connectivity index (χ3n) is 0.236. The van der Waals surface area contributed by atoms with Gasteiger partial charge in [0.05, 0.1) is 0 Å². The van der Waals surface area contributed by atoms with Crippen LogP contribution in [0.4, 0.5) is 0 Å². The molecule has 0 aliphatic carbocycles. The molecule has 0 bridgehead atoms. The highest BCUT2D eigenvalue weighted by Crippen LogP contribution is 1.63. The normalized spacial score (nSPS) is 8.40. The van der Waals surface area contributed by atoms with Gasteiger partial charge in [-0.1, -0.05) is 0 Å². The molecule has 5 heavy (non-hydrogen) atoms. The van der Waals surface area contributed by atoms with Gasteiger partial charge in [-0.15, -0.1) is 0 Å². The largest absolute Gasteiger partial charge is 0.296 e. The van der Waals surface area contributed by atoms with Gasteiger partial charge in [0.2, 0.25) is 0 Å². The average Bonchev–Trinajstić information content (AvgIpc) is 1.41. The van der Waals surface area contributed by atoms with Crippen LogP contribution in [0.3, 0.4) is 0 Å². The second-order valence-electron chi connectivity index (χ2n) is 0.558. The molecule has 0 heterocycles. The molecule has 1 radical (unpaired) electrons. The summed E-state index contributed by atoms with van der Waals surface area (Å²) in [7, 11) is 1.71. The summed E-state index contributed by atoms with van der Waals surface area (Å²) < 4.78 is 0. The number of nitrogens with one attached hydrogen (secondary N) is 1. The molecule has 1 N–H and O–H groups in total. The van der Waals surface area contributed by atoms with Crippen LogP contribution in [-0.4, -0.2) is 7.05 Å². The molecule has 0 aliphatic heterocycles. The summed E-state index contributed by atoms with van der Waals surface area (Å²) in [5.41, 5.74) is 2.46. The monoisotopic (exact) mass is 74.1 g/mol. The summed E-state index contributed by atoms with van der Waals surface area (Å²) in [6.07, 6.45) is 0. The molecule has 0 unspecified atom stereocenters. The van der Waals surface area contributed by atoms with E-state index in [2.05, 4.69) is 10.3 Å². The zero-order valence-corrected chi connectivity index (χ0v) is 3.49. The van der Waals surface area contributed by atoms with Gasteiger partial charge in [0, 0.05) is 7.05 Å². The summed E-state index contributed by atoms with van der Waals surface area (Å²) in [6.45, 7) is 3.37. The highest BCUT2D eigenvalue weighted by molar-refractivity contribution is 4.23. The summed E-state index contributed by atoms with van der Waals surface area (Å²) in [5, 5.41) is 0. The second kappa shape index (κ2) is 3.92. The molecule has 0 aromatic heterocycles. The molecule has 0 rings (SSSR count). The Labute approximate surface area is 32.1 Å². The maximum atomic E-state index is 4.46. The highest BCUT2D eigenvalue weighted by atomic mass is 16.6. The van der Waals surface area contributed by atoms with Gasteiger partial charge in [0.15, 0.2) is 0 Å². The van der Waals surface area contributed by atoms with Crippen molar-refractivity contribution in [3.63, 3.8) is 0 Å². The van der Waals surface area contributed by atoms with E-state index in [4.69, 9.17) is 0 Å². The van der Waals surface area contributed by atoms with Gasteiger partial charge in [-0.3, -0.25) is 4.84 Å². The molecule has 0 spiro atoms. The third-order valence-corrected chi connectivity index (χ3v) is 0.236. The van der Waals surface area contributed by atoms with E-state index < -0.39 is 0 Å². The van der Waals surface area contributed by atoms with Crippen molar-refractivity contribution in [2.24, 2.45) is 0 Å². The zero-order valence-electron chi connectivity index (χ0n) is 3.49. The summed E-state index contributed by atoms with van der Waals surface area (Å²) in [4.78, 5) is 4.46. The summed E-state index contributed by atoms with van der Waals surface area (Å²) in [5.74, 6) is 0. The maximum absolute atomic E-state index is 4.46. The molecule has 0 atom stereocenters. The molecule has 0 aromatic carbocycles. The van der Waals surface area contributed by atoms with Crippen molar-refractivity contribution in [1.82, 2.24) is 5.48 Å². The lowest BCUT2D eigenvalue weighted by Crippen LogP contribution is -2.01. The van der Waals surface area contributed by atoms with Crippen molar-refractivity contribution >= 4 is 0 Å². The molecule has 2 heteroatoms. The predicted octanol–water partition coefficient (Wildman–Crippen LogP) is 0.319. The molecule has 31 valence electrons. The van der Waals surface area contributed by atoms with Crippen LogP contribution in [0.25, 0.3) is 0 Å². The fraction of sp³-hybridized carbons (Fsp3) is 0.667. The minimum absolute atomic E-state index is 1.57. The number of hydrogen-bond donors (Lipinski definition) is 1. The van der Waals surface area contributed by atoms with Crippen molar-refractivity contribution in [3.05, 3.63) is 6.61 Å². The molecule has 0 saturated heterocycles. The van der Waals surface area contributed by atoms with Crippen LogP contribution in [0.15, 0.2) is 0 Å². The van der Waals surface area contributed by atoms with Gasteiger partial charge in [0.25, 0.3) is 0 Å². The van der Waals surface area contributed by atoms with E-state index in [-0.39, 0.29) is 0 Å². The Morgan fingerprint density at radius 3 is 2.40 bits per heavy atom. The Hall–Kier alpha value is -0.0800. The first-order valence-corrected chi connectivity index (χ1v) is 1.52. The van der Waals surface area contributed by atoms with E-state index in [0.717, 1.165) is 0 Å². The molecular formula is C3H8NO. The fourth-order valence-electron chi connectivity index (χ4n) is 0.118. The van der Waals surface area contributed by atoms with Crippen molar-refractivity contribution in [2.75, 3.05) is 7.05 Å². The van der Waals surface area contributed by atoms with Crippen molar-refractivity contribution in [3.8, 4) is 0 Å². The maximum Gasteiger partial charge on any atom is 0.104 e. The first-order chi connectivity index (χ1) is 2.41. The Bertz CT molecular complexity index is 14.4. The topological polar surface area (TPSA) is 21.3 Å². The molecule has 0 amide bonds. The van der Waals surface area contributed by atoms with Crippen LogP contribution in [0.2, 0.25) is 0 Å². The fourth-order valence-corrected chi connectivity index (χ4v) is 0.118. The SMILES string of the molecule is C[CH]ONC. The Morgan fingerprint density at radius 2 is 2.40 bits per heavy atom. The number of hydroxylamine groups is 1. The first-order valence-electron chi connectivity index (χ1n) is 1.52. The molecule has 0 fully saturated rings. The van der Waals surface area contributed by atoms with Gasteiger partial charge in [-0.2, -0.15) is 0 Å². The van der Waals surface area contributed by atoms with Gasteiger partial charge < -0.3 is 0 Å². The van der Waals surface area contributed by atoms with Crippen LogP contribution in [0.1, 0.15) is 6.92 Å².